The van der Waals surface area contributed by atoms with Crippen molar-refractivity contribution in [1.29, 1.82) is 0 Å². The van der Waals surface area contributed by atoms with E-state index >= 15 is 0 Å². The van der Waals surface area contributed by atoms with Gasteiger partial charge in [0, 0.05) is 5.69 Å². The van der Waals surface area contributed by atoms with Gasteiger partial charge in [-0.25, -0.2) is 5.43 Å². The van der Waals surface area contributed by atoms with Crippen LogP contribution in [0, 0.1) is 13.8 Å². The van der Waals surface area contributed by atoms with Gasteiger partial charge in [0.05, 0.1) is 6.21 Å². The highest BCUT2D eigenvalue weighted by Gasteiger charge is 2.14. The molecule has 0 aliphatic rings. The third-order valence-electron chi connectivity index (χ3n) is 3.11. The van der Waals surface area contributed by atoms with Crippen LogP contribution in [0.4, 0.5) is 5.69 Å². The Hall–Kier alpha value is -2.95. The van der Waals surface area contributed by atoms with Crippen molar-refractivity contribution < 1.29 is 9.59 Å². The molecule has 0 heterocycles. The Balaban J connectivity index is 1.95. The molecule has 5 nitrogen and oxygen atoms in total. The minimum Gasteiger partial charge on any atom is -0.317 e. The van der Waals surface area contributed by atoms with E-state index in [0.717, 1.165) is 16.7 Å². The molecular weight excluding hydrogens is 278 g/mol. The third kappa shape index (κ3) is 4.02. The molecule has 2 aromatic rings. The van der Waals surface area contributed by atoms with E-state index in [2.05, 4.69) is 15.8 Å². The summed E-state index contributed by atoms with van der Waals surface area (Å²) >= 11 is 0. The molecule has 0 aliphatic heterocycles. The van der Waals surface area contributed by atoms with Crippen LogP contribution in [0.5, 0.6) is 0 Å². The molecule has 0 saturated carbocycles. The summed E-state index contributed by atoms with van der Waals surface area (Å²) in [6, 6.07) is 14.9. The summed E-state index contributed by atoms with van der Waals surface area (Å²) in [6.07, 6.45) is 1.48. The van der Waals surface area contributed by atoms with Crippen LogP contribution in [0.15, 0.2) is 53.6 Å². The van der Waals surface area contributed by atoms with Crippen molar-refractivity contribution in [3.8, 4) is 0 Å². The van der Waals surface area contributed by atoms with Gasteiger partial charge in [-0.05, 0) is 30.5 Å². The highest BCUT2D eigenvalue weighted by atomic mass is 16.2. The van der Waals surface area contributed by atoms with E-state index in [1.807, 2.05) is 62.4 Å². The Morgan fingerprint density at radius 1 is 0.909 bits per heavy atom. The molecule has 0 fully saturated rings. The Labute approximate surface area is 129 Å². The first-order chi connectivity index (χ1) is 10.6. The first-order valence-electron chi connectivity index (χ1n) is 6.83. The number of hydrogen-bond acceptors (Lipinski definition) is 3. The van der Waals surface area contributed by atoms with Crippen molar-refractivity contribution in [3.05, 3.63) is 65.2 Å². The van der Waals surface area contributed by atoms with Crippen LogP contribution in [0.3, 0.4) is 0 Å². The Morgan fingerprint density at radius 2 is 1.55 bits per heavy atom. The molecule has 0 atom stereocenters. The number of nitrogens with zero attached hydrogens (tertiary/aromatic N) is 1. The van der Waals surface area contributed by atoms with E-state index in [0.29, 0.717) is 5.69 Å². The number of carbonyl (C=O) groups excluding carboxylic acids is 2. The summed E-state index contributed by atoms with van der Waals surface area (Å²) in [5.41, 5.74) is 5.48. The lowest BCUT2D eigenvalue weighted by Crippen LogP contribution is -2.32. The highest BCUT2D eigenvalue weighted by molar-refractivity contribution is 6.39. The fourth-order valence-electron chi connectivity index (χ4n) is 1.94. The van der Waals surface area contributed by atoms with Crippen molar-refractivity contribution in [2.45, 2.75) is 13.8 Å². The second-order valence-electron chi connectivity index (χ2n) is 4.83. The molecule has 2 amide bonds. The lowest BCUT2D eigenvalue weighted by Gasteiger charge is -2.10. The fourth-order valence-corrected chi connectivity index (χ4v) is 1.94. The molecule has 5 heteroatoms. The molecule has 0 radical (unpaired) electrons. The number of hydrogen-bond donors (Lipinski definition) is 2. The van der Waals surface area contributed by atoms with E-state index in [9.17, 15) is 9.59 Å². The first-order valence-corrected chi connectivity index (χ1v) is 6.83. The molecule has 0 aromatic heterocycles. The molecule has 0 saturated heterocycles. The fraction of sp³-hybridized carbons (Fsp3) is 0.118. The van der Waals surface area contributed by atoms with Gasteiger partial charge in [-0.15, -0.1) is 0 Å². The van der Waals surface area contributed by atoms with Crippen LogP contribution < -0.4 is 10.7 Å². The maximum Gasteiger partial charge on any atom is 0.329 e. The largest absolute Gasteiger partial charge is 0.329 e. The summed E-state index contributed by atoms with van der Waals surface area (Å²) in [4.78, 5) is 23.6. The minimum absolute atomic E-state index is 0.648. The average molecular weight is 295 g/mol. The topological polar surface area (TPSA) is 70.6 Å². The molecule has 2 N–H and O–H groups in total. The second-order valence-corrected chi connectivity index (χ2v) is 4.83. The smallest absolute Gasteiger partial charge is 0.317 e. The molecule has 2 rings (SSSR count). The van der Waals surface area contributed by atoms with Crippen molar-refractivity contribution in [3.63, 3.8) is 0 Å². The quantitative estimate of drug-likeness (QED) is 0.518. The van der Waals surface area contributed by atoms with Crippen LogP contribution in [0.25, 0.3) is 0 Å². The van der Waals surface area contributed by atoms with Gasteiger partial charge in [-0.2, -0.15) is 5.10 Å². The van der Waals surface area contributed by atoms with Crippen LogP contribution in [-0.4, -0.2) is 18.0 Å². The number of anilines is 1. The van der Waals surface area contributed by atoms with Gasteiger partial charge < -0.3 is 5.32 Å². The van der Waals surface area contributed by atoms with E-state index < -0.39 is 11.8 Å². The summed E-state index contributed by atoms with van der Waals surface area (Å²) in [5.74, 6) is -1.56. The van der Waals surface area contributed by atoms with E-state index in [4.69, 9.17) is 0 Å². The summed E-state index contributed by atoms with van der Waals surface area (Å²) in [6.45, 7) is 3.74. The zero-order valence-electron chi connectivity index (χ0n) is 12.5. The number of rotatable bonds is 3. The Bertz CT molecular complexity index is 689. The molecule has 0 bridgehead atoms. The molecule has 0 unspecified atom stereocenters. The maximum absolute atomic E-state index is 11.9. The predicted octanol–water partition coefficient (Wildman–Crippen LogP) is 2.39. The lowest BCUT2D eigenvalue weighted by atomic mass is 10.1. The number of para-hydroxylation sites is 1. The van der Waals surface area contributed by atoms with Crippen LogP contribution in [-0.2, 0) is 9.59 Å². The van der Waals surface area contributed by atoms with Gasteiger partial charge in [0.1, 0.15) is 0 Å². The van der Waals surface area contributed by atoms with Gasteiger partial charge in [-0.1, -0.05) is 48.5 Å². The summed E-state index contributed by atoms with van der Waals surface area (Å²) < 4.78 is 0. The second kappa shape index (κ2) is 7.17. The van der Waals surface area contributed by atoms with Gasteiger partial charge in [0.25, 0.3) is 0 Å². The Kier molecular flexibility index (Phi) is 5.03. The number of carbonyl (C=O) groups is 2. The number of aryl methyl sites for hydroxylation is 2. The zero-order chi connectivity index (χ0) is 15.9. The SMILES string of the molecule is Cc1cccc(C)c1NC(=O)C(=O)N/N=C/c1ccccc1. The number of nitrogens with one attached hydrogen (secondary N) is 2. The van der Waals surface area contributed by atoms with Crippen molar-refractivity contribution in [1.82, 2.24) is 5.43 Å². The molecule has 2 aromatic carbocycles. The number of benzene rings is 2. The molecule has 0 aliphatic carbocycles. The van der Waals surface area contributed by atoms with Crippen LogP contribution >= 0.6 is 0 Å². The normalized spacial score (nSPS) is 10.5. The lowest BCUT2D eigenvalue weighted by molar-refractivity contribution is -0.136. The van der Waals surface area contributed by atoms with Gasteiger partial charge in [0.15, 0.2) is 0 Å². The van der Waals surface area contributed by atoms with Crippen molar-refractivity contribution >= 4 is 23.7 Å². The van der Waals surface area contributed by atoms with Crippen molar-refractivity contribution in [2.24, 2.45) is 5.10 Å². The van der Waals surface area contributed by atoms with E-state index in [1.165, 1.54) is 6.21 Å². The zero-order valence-corrected chi connectivity index (χ0v) is 12.5. The monoisotopic (exact) mass is 295 g/mol. The third-order valence-corrected chi connectivity index (χ3v) is 3.11. The van der Waals surface area contributed by atoms with Gasteiger partial charge in [0.2, 0.25) is 0 Å². The summed E-state index contributed by atoms with van der Waals surface area (Å²) in [7, 11) is 0. The van der Waals surface area contributed by atoms with Crippen molar-refractivity contribution in [2.75, 3.05) is 5.32 Å². The number of hydrazone groups is 1. The minimum atomic E-state index is -0.810. The molecule has 22 heavy (non-hydrogen) atoms. The molecule has 0 spiro atoms. The Morgan fingerprint density at radius 3 is 2.18 bits per heavy atom. The van der Waals surface area contributed by atoms with E-state index in [-0.39, 0.29) is 0 Å². The average Bonchev–Trinajstić information content (AvgIpc) is 2.52. The summed E-state index contributed by atoms with van der Waals surface area (Å²) in [5, 5.41) is 6.37. The maximum atomic E-state index is 11.9. The van der Waals surface area contributed by atoms with E-state index in [1.54, 1.807) is 0 Å². The predicted molar refractivity (Wildman–Crippen MR) is 86.7 cm³/mol. The van der Waals surface area contributed by atoms with Gasteiger partial charge >= 0.3 is 11.8 Å². The van der Waals surface area contributed by atoms with Gasteiger partial charge in [-0.3, -0.25) is 9.59 Å². The molecule has 112 valence electrons. The number of amides is 2. The van der Waals surface area contributed by atoms with Crippen LogP contribution in [0.2, 0.25) is 0 Å². The standard InChI is InChI=1S/C17H17N3O2/c1-12-7-6-8-13(2)15(12)19-16(21)17(22)20-18-11-14-9-4-3-5-10-14/h3-11H,1-2H3,(H,19,21)(H,20,22)/b18-11+. The van der Waals surface area contributed by atoms with Crippen LogP contribution in [0.1, 0.15) is 16.7 Å². The first kappa shape index (κ1) is 15.4. The highest BCUT2D eigenvalue weighted by Crippen LogP contribution is 2.19. The molecular formula is C17H17N3O2.